The zero-order valence-electron chi connectivity index (χ0n) is 17.3. The molecule has 1 heterocycles. The maximum Gasteiger partial charge on any atom is 0.125 e. The minimum absolute atomic E-state index is 0. The predicted molar refractivity (Wildman–Crippen MR) is 129 cm³/mol. The SMILES string of the molecule is Br.COc1cccc2c1C(c1cccc3ccccc13)c1c(OC)cccc1N2C. The van der Waals surface area contributed by atoms with Crippen molar-refractivity contribution in [3.63, 3.8) is 0 Å². The number of hydrogen-bond acceptors (Lipinski definition) is 3. The molecular formula is C26H24BrNO2. The van der Waals surface area contributed by atoms with E-state index in [0.717, 1.165) is 22.9 Å². The number of nitrogens with zero attached hydrogens (tertiary/aromatic N) is 1. The second-order valence-electron chi connectivity index (χ2n) is 7.35. The normalized spacial score (nSPS) is 12.7. The molecule has 152 valence electrons. The Kier molecular flexibility index (Phi) is 5.44. The van der Waals surface area contributed by atoms with Crippen LogP contribution in [0.25, 0.3) is 10.8 Å². The van der Waals surface area contributed by atoms with E-state index in [1.165, 1.54) is 27.5 Å². The van der Waals surface area contributed by atoms with Gasteiger partial charge in [-0.15, -0.1) is 17.0 Å². The molecule has 3 nitrogen and oxygen atoms in total. The lowest BCUT2D eigenvalue weighted by Crippen LogP contribution is -2.23. The summed E-state index contributed by atoms with van der Waals surface area (Å²) < 4.78 is 11.7. The second-order valence-corrected chi connectivity index (χ2v) is 7.35. The van der Waals surface area contributed by atoms with Gasteiger partial charge in [-0.25, -0.2) is 0 Å². The molecule has 0 aliphatic carbocycles. The average molecular weight is 462 g/mol. The van der Waals surface area contributed by atoms with Gasteiger partial charge in [0, 0.05) is 35.5 Å². The Morgan fingerprint density at radius 3 is 1.80 bits per heavy atom. The van der Waals surface area contributed by atoms with Gasteiger partial charge in [0.25, 0.3) is 0 Å². The highest BCUT2D eigenvalue weighted by molar-refractivity contribution is 8.93. The van der Waals surface area contributed by atoms with Crippen molar-refractivity contribution in [2.45, 2.75) is 5.92 Å². The molecule has 30 heavy (non-hydrogen) atoms. The molecule has 0 aromatic heterocycles. The van der Waals surface area contributed by atoms with E-state index in [9.17, 15) is 0 Å². The first kappa shape index (κ1) is 20.3. The third-order valence-corrected chi connectivity index (χ3v) is 5.96. The quantitative estimate of drug-likeness (QED) is 0.338. The summed E-state index contributed by atoms with van der Waals surface area (Å²) in [6, 6.07) is 27.6. The first-order valence-corrected chi connectivity index (χ1v) is 9.79. The molecule has 0 bridgehead atoms. The number of ether oxygens (including phenoxy) is 2. The van der Waals surface area contributed by atoms with Gasteiger partial charge in [0.2, 0.25) is 0 Å². The van der Waals surface area contributed by atoms with Crippen LogP contribution in [0.4, 0.5) is 11.4 Å². The molecule has 0 saturated heterocycles. The van der Waals surface area contributed by atoms with Crippen molar-refractivity contribution in [2.75, 3.05) is 26.2 Å². The van der Waals surface area contributed by atoms with E-state index in [1.807, 2.05) is 12.1 Å². The lowest BCUT2D eigenvalue weighted by atomic mass is 9.78. The number of methoxy groups -OCH3 is 2. The highest BCUT2D eigenvalue weighted by Gasteiger charge is 2.35. The summed E-state index contributed by atoms with van der Waals surface area (Å²) in [5, 5.41) is 2.48. The van der Waals surface area contributed by atoms with E-state index < -0.39 is 0 Å². The number of hydrogen-bond donors (Lipinski definition) is 0. The van der Waals surface area contributed by atoms with Crippen molar-refractivity contribution in [3.05, 3.63) is 95.6 Å². The van der Waals surface area contributed by atoms with E-state index >= 15 is 0 Å². The number of anilines is 2. The smallest absolute Gasteiger partial charge is 0.125 e. The van der Waals surface area contributed by atoms with Gasteiger partial charge in [-0.3, -0.25) is 0 Å². The Hall–Kier alpha value is -2.98. The van der Waals surface area contributed by atoms with E-state index in [2.05, 4.69) is 78.7 Å². The average Bonchev–Trinajstić information content (AvgIpc) is 2.78. The molecule has 0 spiro atoms. The zero-order chi connectivity index (χ0) is 20.0. The molecule has 0 fully saturated rings. The summed E-state index contributed by atoms with van der Waals surface area (Å²) in [7, 11) is 5.59. The lowest BCUT2D eigenvalue weighted by molar-refractivity contribution is 0.402. The van der Waals surface area contributed by atoms with Crippen LogP contribution in [0, 0.1) is 0 Å². The molecule has 1 aliphatic rings. The van der Waals surface area contributed by atoms with Crippen molar-refractivity contribution in [1.29, 1.82) is 0 Å². The minimum atomic E-state index is 0. The summed E-state index contributed by atoms with van der Waals surface area (Å²) in [6.07, 6.45) is 0. The largest absolute Gasteiger partial charge is 0.496 e. The van der Waals surface area contributed by atoms with Crippen molar-refractivity contribution in [3.8, 4) is 11.5 Å². The van der Waals surface area contributed by atoms with Gasteiger partial charge < -0.3 is 14.4 Å². The minimum Gasteiger partial charge on any atom is -0.496 e. The third kappa shape index (κ3) is 2.94. The highest BCUT2D eigenvalue weighted by atomic mass is 79.9. The van der Waals surface area contributed by atoms with Crippen LogP contribution in [-0.4, -0.2) is 21.3 Å². The fourth-order valence-electron chi connectivity index (χ4n) is 4.67. The van der Waals surface area contributed by atoms with Gasteiger partial charge in [0.1, 0.15) is 11.5 Å². The molecule has 0 unspecified atom stereocenters. The molecule has 0 saturated carbocycles. The molecule has 5 rings (SSSR count). The van der Waals surface area contributed by atoms with Crippen LogP contribution in [0.5, 0.6) is 11.5 Å². The Labute approximate surface area is 187 Å². The van der Waals surface area contributed by atoms with Gasteiger partial charge in [0.05, 0.1) is 14.2 Å². The van der Waals surface area contributed by atoms with Crippen molar-refractivity contribution < 1.29 is 9.47 Å². The fourth-order valence-corrected chi connectivity index (χ4v) is 4.67. The number of rotatable bonds is 3. The number of fused-ring (bicyclic) bond motifs is 3. The monoisotopic (exact) mass is 461 g/mol. The van der Waals surface area contributed by atoms with Crippen LogP contribution in [0.1, 0.15) is 22.6 Å². The molecular weight excluding hydrogens is 438 g/mol. The molecule has 0 atom stereocenters. The van der Waals surface area contributed by atoms with E-state index in [4.69, 9.17) is 9.47 Å². The lowest BCUT2D eigenvalue weighted by Gasteiger charge is -2.37. The molecule has 1 aliphatic heterocycles. The van der Waals surface area contributed by atoms with Crippen molar-refractivity contribution >= 4 is 39.1 Å². The van der Waals surface area contributed by atoms with Crippen LogP contribution >= 0.6 is 17.0 Å². The van der Waals surface area contributed by atoms with Crippen molar-refractivity contribution in [1.82, 2.24) is 0 Å². The molecule has 0 radical (unpaired) electrons. The molecule has 4 aromatic carbocycles. The zero-order valence-corrected chi connectivity index (χ0v) is 19.0. The first-order chi connectivity index (χ1) is 14.2. The number of halogens is 1. The maximum atomic E-state index is 5.85. The van der Waals surface area contributed by atoms with Crippen LogP contribution < -0.4 is 14.4 Å². The highest BCUT2D eigenvalue weighted by Crippen LogP contribution is 2.54. The molecule has 4 aromatic rings. The van der Waals surface area contributed by atoms with Gasteiger partial charge in [-0.1, -0.05) is 54.6 Å². The molecule has 0 amide bonds. The number of benzene rings is 4. The summed E-state index contributed by atoms with van der Waals surface area (Å²) >= 11 is 0. The summed E-state index contributed by atoms with van der Waals surface area (Å²) in [5.74, 6) is 1.79. The van der Waals surface area contributed by atoms with Gasteiger partial charge >= 0.3 is 0 Å². The van der Waals surface area contributed by atoms with Gasteiger partial charge in [-0.2, -0.15) is 0 Å². The van der Waals surface area contributed by atoms with Crippen LogP contribution in [0.15, 0.2) is 78.9 Å². The second kappa shape index (κ2) is 8.04. The van der Waals surface area contributed by atoms with E-state index in [-0.39, 0.29) is 22.9 Å². The van der Waals surface area contributed by atoms with Crippen LogP contribution in [-0.2, 0) is 0 Å². The van der Waals surface area contributed by atoms with Crippen LogP contribution in [0.2, 0.25) is 0 Å². The Morgan fingerprint density at radius 1 is 0.667 bits per heavy atom. The van der Waals surface area contributed by atoms with Gasteiger partial charge in [0.15, 0.2) is 0 Å². The Balaban J connectivity index is 0.00000218. The Bertz CT molecular complexity index is 1160. The summed E-state index contributed by atoms with van der Waals surface area (Å²) in [6.45, 7) is 0. The maximum absolute atomic E-state index is 5.85. The predicted octanol–water partition coefficient (Wildman–Crippen LogP) is 6.70. The summed E-state index contributed by atoms with van der Waals surface area (Å²) in [4.78, 5) is 2.23. The van der Waals surface area contributed by atoms with E-state index in [0.29, 0.717) is 0 Å². The third-order valence-electron chi connectivity index (χ3n) is 5.96. The Morgan fingerprint density at radius 2 is 1.20 bits per heavy atom. The standard InChI is InChI=1S/C26H23NO2.BrH/c1-27-20-13-7-15-22(28-2)25(20)24(26-21(27)14-8-16-23(26)29-3)19-12-6-10-17-9-4-5-11-18(17)19;/h4-16,24H,1-3H3;1H. The van der Waals surface area contributed by atoms with Crippen molar-refractivity contribution in [2.24, 2.45) is 0 Å². The molecule has 0 N–H and O–H groups in total. The van der Waals surface area contributed by atoms with Crippen LogP contribution in [0.3, 0.4) is 0 Å². The summed E-state index contributed by atoms with van der Waals surface area (Å²) in [5.41, 5.74) is 5.91. The first-order valence-electron chi connectivity index (χ1n) is 9.79. The molecule has 4 heteroatoms. The fraction of sp³-hybridized carbons (Fsp3) is 0.154. The topological polar surface area (TPSA) is 21.7 Å². The van der Waals surface area contributed by atoms with E-state index in [1.54, 1.807) is 14.2 Å². The van der Waals surface area contributed by atoms with Gasteiger partial charge in [-0.05, 0) is 40.6 Å².